The van der Waals surface area contributed by atoms with Crippen LogP contribution in [0.25, 0.3) is 0 Å². The van der Waals surface area contributed by atoms with Crippen LogP contribution in [0.2, 0.25) is 5.02 Å². The number of halogens is 4. The van der Waals surface area contributed by atoms with Gasteiger partial charge in [0.05, 0.1) is 0 Å². The summed E-state index contributed by atoms with van der Waals surface area (Å²) in [5.74, 6) is -4.66. The molecule has 3 nitrogen and oxygen atoms in total. The standard InChI is InChI=1S/C14H17ClF2N2O.ClH/c1-9-5-10(7-18)8-19(9)13(20)14(16,17)11-3-2-4-12(15)6-11;/h2-4,6,9-10H,5,7-8,18H2,1H3;1H. The number of amides is 1. The highest BCUT2D eigenvalue weighted by Crippen LogP contribution is 2.35. The number of rotatable bonds is 3. The van der Waals surface area contributed by atoms with Crippen LogP contribution in [0, 0.1) is 5.92 Å². The first-order valence-corrected chi connectivity index (χ1v) is 6.89. The molecule has 1 aliphatic heterocycles. The van der Waals surface area contributed by atoms with E-state index in [1.54, 1.807) is 6.92 Å². The highest BCUT2D eigenvalue weighted by atomic mass is 35.5. The largest absolute Gasteiger partial charge is 0.350 e. The fourth-order valence-electron chi connectivity index (χ4n) is 2.58. The van der Waals surface area contributed by atoms with Crippen LogP contribution < -0.4 is 5.73 Å². The first-order valence-electron chi connectivity index (χ1n) is 6.51. The van der Waals surface area contributed by atoms with Gasteiger partial charge < -0.3 is 10.6 Å². The molecule has 1 heterocycles. The van der Waals surface area contributed by atoms with E-state index < -0.39 is 11.8 Å². The Hall–Kier alpha value is -0.910. The van der Waals surface area contributed by atoms with Crippen molar-refractivity contribution in [2.24, 2.45) is 11.7 Å². The van der Waals surface area contributed by atoms with Gasteiger partial charge in [-0.3, -0.25) is 4.79 Å². The van der Waals surface area contributed by atoms with Gasteiger partial charge in [0, 0.05) is 23.2 Å². The molecule has 118 valence electrons. The van der Waals surface area contributed by atoms with Gasteiger partial charge in [-0.05, 0) is 37.9 Å². The Kier molecular flexibility index (Phi) is 5.96. The zero-order valence-electron chi connectivity index (χ0n) is 11.6. The number of nitrogens with two attached hydrogens (primary N) is 1. The van der Waals surface area contributed by atoms with Crippen LogP contribution in [-0.4, -0.2) is 29.9 Å². The summed E-state index contributed by atoms with van der Waals surface area (Å²) in [4.78, 5) is 13.4. The minimum atomic E-state index is -3.57. The minimum absolute atomic E-state index is 0. The second kappa shape index (κ2) is 6.90. The lowest BCUT2D eigenvalue weighted by Gasteiger charge is -2.26. The van der Waals surface area contributed by atoms with Crippen LogP contribution in [0.5, 0.6) is 0 Å². The number of hydrogen-bond acceptors (Lipinski definition) is 2. The Morgan fingerprint density at radius 1 is 1.52 bits per heavy atom. The highest BCUT2D eigenvalue weighted by molar-refractivity contribution is 6.30. The van der Waals surface area contributed by atoms with Gasteiger partial charge in [-0.25, -0.2) is 0 Å². The first kappa shape index (κ1) is 18.1. The number of nitrogens with zero attached hydrogens (tertiary/aromatic N) is 1. The number of carbonyl (C=O) groups is 1. The van der Waals surface area contributed by atoms with Crippen molar-refractivity contribution in [2.45, 2.75) is 25.3 Å². The third kappa shape index (κ3) is 3.65. The van der Waals surface area contributed by atoms with Crippen molar-refractivity contribution in [3.63, 3.8) is 0 Å². The smallest absolute Gasteiger partial charge is 0.334 e. The predicted octanol–water partition coefficient (Wildman–Crippen LogP) is 3.05. The van der Waals surface area contributed by atoms with Gasteiger partial charge in [-0.2, -0.15) is 8.78 Å². The summed E-state index contributed by atoms with van der Waals surface area (Å²) in [6.07, 6.45) is 0.661. The van der Waals surface area contributed by atoms with Crippen molar-refractivity contribution in [3.05, 3.63) is 34.9 Å². The zero-order valence-corrected chi connectivity index (χ0v) is 13.1. The Morgan fingerprint density at radius 3 is 2.71 bits per heavy atom. The monoisotopic (exact) mass is 338 g/mol. The van der Waals surface area contributed by atoms with Gasteiger partial charge in [0.25, 0.3) is 5.91 Å². The summed E-state index contributed by atoms with van der Waals surface area (Å²) in [6.45, 7) is 2.45. The van der Waals surface area contributed by atoms with Crippen LogP contribution in [0.3, 0.4) is 0 Å². The first-order chi connectivity index (χ1) is 9.36. The second-order valence-corrected chi connectivity index (χ2v) is 5.67. The summed E-state index contributed by atoms with van der Waals surface area (Å²) < 4.78 is 28.6. The summed E-state index contributed by atoms with van der Waals surface area (Å²) in [5, 5.41) is 0.185. The molecule has 0 saturated carbocycles. The lowest BCUT2D eigenvalue weighted by Crippen LogP contribution is -2.44. The van der Waals surface area contributed by atoms with Crippen LogP contribution in [0.1, 0.15) is 18.9 Å². The SMILES string of the molecule is CC1CC(CN)CN1C(=O)C(F)(F)c1cccc(Cl)c1.Cl. The highest BCUT2D eigenvalue weighted by Gasteiger charge is 2.47. The summed E-state index contributed by atoms with van der Waals surface area (Å²) >= 11 is 5.71. The lowest BCUT2D eigenvalue weighted by atomic mass is 10.1. The molecule has 2 unspecified atom stereocenters. The third-order valence-corrected chi connectivity index (χ3v) is 3.95. The number of carbonyl (C=O) groups excluding carboxylic acids is 1. The van der Waals surface area contributed by atoms with E-state index in [-0.39, 0.29) is 41.5 Å². The molecular formula is C14H18Cl2F2N2O. The number of likely N-dealkylation sites (tertiary alicyclic amines) is 1. The van der Waals surface area contributed by atoms with E-state index in [2.05, 4.69) is 0 Å². The maximum absolute atomic E-state index is 14.3. The minimum Gasteiger partial charge on any atom is -0.334 e. The van der Waals surface area contributed by atoms with Crippen molar-refractivity contribution in [1.29, 1.82) is 0 Å². The molecule has 0 bridgehead atoms. The van der Waals surface area contributed by atoms with Crippen molar-refractivity contribution in [3.8, 4) is 0 Å². The fourth-order valence-corrected chi connectivity index (χ4v) is 2.77. The molecule has 1 saturated heterocycles. The molecule has 1 amide bonds. The van der Waals surface area contributed by atoms with Crippen molar-refractivity contribution in [1.82, 2.24) is 4.90 Å². The number of hydrogen-bond donors (Lipinski definition) is 1. The molecule has 1 aromatic rings. The average molecular weight is 339 g/mol. The van der Waals surface area contributed by atoms with Gasteiger partial charge in [-0.1, -0.05) is 23.7 Å². The van der Waals surface area contributed by atoms with E-state index in [4.69, 9.17) is 17.3 Å². The van der Waals surface area contributed by atoms with E-state index >= 15 is 0 Å². The van der Waals surface area contributed by atoms with Gasteiger partial charge in [0.2, 0.25) is 0 Å². The van der Waals surface area contributed by atoms with Gasteiger partial charge in [0.15, 0.2) is 0 Å². The molecule has 1 fully saturated rings. The second-order valence-electron chi connectivity index (χ2n) is 5.23. The van der Waals surface area contributed by atoms with E-state index in [9.17, 15) is 13.6 Å². The molecule has 0 aliphatic carbocycles. The van der Waals surface area contributed by atoms with E-state index in [1.807, 2.05) is 0 Å². The van der Waals surface area contributed by atoms with Crippen LogP contribution >= 0.6 is 24.0 Å². The topological polar surface area (TPSA) is 46.3 Å². The van der Waals surface area contributed by atoms with Gasteiger partial charge >= 0.3 is 5.92 Å². The third-order valence-electron chi connectivity index (χ3n) is 3.71. The summed E-state index contributed by atoms with van der Waals surface area (Å²) in [6, 6.07) is 5.02. The van der Waals surface area contributed by atoms with E-state index in [0.717, 1.165) is 6.07 Å². The number of alkyl halides is 2. The van der Waals surface area contributed by atoms with Crippen LogP contribution in [0.4, 0.5) is 8.78 Å². The van der Waals surface area contributed by atoms with Crippen molar-refractivity contribution < 1.29 is 13.6 Å². The predicted molar refractivity (Wildman–Crippen MR) is 80.9 cm³/mol. The van der Waals surface area contributed by atoms with Crippen molar-refractivity contribution >= 4 is 29.9 Å². The molecule has 7 heteroatoms. The summed E-state index contributed by atoms with van der Waals surface area (Å²) in [7, 11) is 0. The molecule has 1 aromatic carbocycles. The molecule has 0 spiro atoms. The average Bonchev–Trinajstić information content (AvgIpc) is 2.79. The molecular weight excluding hydrogens is 321 g/mol. The lowest BCUT2D eigenvalue weighted by molar-refractivity contribution is -0.159. The van der Waals surface area contributed by atoms with Crippen molar-refractivity contribution in [2.75, 3.05) is 13.1 Å². The zero-order chi connectivity index (χ0) is 14.9. The number of benzene rings is 1. The quantitative estimate of drug-likeness (QED) is 0.920. The van der Waals surface area contributed by atoms with Crippen LogP contribution in [0.15, 0.2) is 24.3 Å². The van der Waals surface area contributed by atoms with E-state index in [0.29, 0.717) is 13.0 Å². The molecule has 2 atom stereocenters. The van der Waals surface area contributed by atoms with E-state index in [1.165, 1.54) is 23.1 Å². The van der Waals surface area contributed by atoms with Gasteiger partial charge in [0.1, 0.15) is 0 Å². The Balaban J connectivity index is 0.00000220. The Bertz CT molecular complexity index is 514. The fraction of sp³-hybridized carbons (Fsp3) is 0.500. The molecule has 21 heavy (non-hydrogen) atoms. The Labute approximate surface area is 133 Å². The molecule has 0 aromatic heterocycles. The van der Waals surface area contributed by atoms with Gasteiger partial charge in [-0.15, -0.1) is 12.4 Å². The molecule has 1 aliphatic rings. The molecule has 2 N–H and O–H groups in total. The molecule has 2 rings (SSSR count). The van der Waals surface area contributed by atoms with Crippen LogP contribution in [-0.2, 0) is 10.7 Å². The maximum atomic E-state index is 14.3. The maximum Gasteiger partial charge on any atom is 0.350 e. The normalized spacial score (nSPS) is 22.0. The Morgan fingerprint density at radius 2 is 2.19 bits per heavy atom. The summed E-state index contributed by atoms with van der Waals surface area (Å²) in [5.41, 5.74) is 5.18. The molecule has 0 radical (unpaired) electrons.